The topological polar surface area (TPSA) is 87.3 Å². The van der Waals surface area contributed by atoms with Gasteiger partial charge >= 0.3 is 0 Å². The zero-order valence-electron chi connectivity index (χ0n) is 15.0. The van der Waals surface area contributed by atoms with Crippen molar-refractivity contribution in [1.29, 1.82) is 0 Å². The van der Waals surface area contributed by atoms with E-state index in [1.165, 1.54) is 6.92 Å². The summed E-state index contributed by atoms with van der Waals surface area (Å²) < 4.78 is 0. The number of benzene rings is 1. The number of hydrogen-bond donors (Lipinski definition) is 3. The molecule has 0 bridgehead atoms. The molecule has 0 aliphatic heterocycles. The van der Waals surface area contributed by atoms with E-state index in [1.807, 2.05) is 51.1 Å². The van der Waals surface area contributed by atoms with Crippen molar-refractivity contribution in [3.05, 3.63) is 35.9 Å². The molecule has 0 heterocycles. The Hall–Kier alpha value is -2.37. The van der Waals surface area contributed by atoms with Crippen LogP contribution in [-0.2, 0) is 14.4 Å². The number of rotatable bonds is 6. The van der Waals surface area contributed by atoms with E-state index < -0.39 is 12.1 Å². The van der Waals surface area contributed by atoms with E-state index in [-0.39, 0.29) is 29.7 Å². The summed E-state index contributed by atoms with van der Waals surface area (Å²) in [4.78, 5) is 35.7. The van der Waals surface area contributed by atoms with Crippen molar-refractivity contribution in [2.24, 2.45) is 0 Å². The monoisotopic (exact) mass is 333 g/mol. The largest absolute Gasteiger partial charge is 0.350 e. The zero-order valence-corrected chi connectivity index (χ0v) is 15.0. The Labute approximate surface area is 143 Å². The number of amides is 3. The molecule has 3 amide bonds. The minimum atomic E-state index is -0.648. The van der Waals surface area contributed by atoms with E-state index >= 15 is 0 Å². The molecule has 132 valence electrons. The minimum absolute atomic E-state index is 0.0662. The molecule has 6 heteroatoms. The maximum Gasteiger partial charge on any atom is 0.242 e. The first kappa shape index (κ1) is 19.7. The van der Waals surface area contributed by atoms with Gasteiger partial charge in [-0.15, -0.1) is 0 Å². The number of hydrogen-bond acceptors (Lipinski definition) is 3. The van der Waals surface area contributed by atoms with Crippen LogP contribution in [0.4, 0.5) is 0 Å². The van der Waals surface area contributed by atoms with Crippen molar-refractivity contribution in [3.63, 3.8) is 0 Å². The van der Waals surface area contributed by atoms with Gasteiger partial charge in [0.1, 0.15) is 6.04 Å². The summed E-state index contributed by atoms with van der Waals surface area (Å²) in [7, 11) is 0. The number of carbonyl (C=O) groups is 3. The smallest absolute Gasteiger partial charge is 0.242 e. The fraction of sp³-hybridized carbons (Fsp3) is 0.500. The molecule has 0 saturated heterocycles. The van der Waals surface area contributed by atoms with Crippen LogP contribution in [0.15, 0.2) is 30.3 Å². The van der Waals surface area contributed by atoms with Crippen molar-refractivity contribution in [3.8, 4) is 0 Å². The molecule has 0 radical (unpaired) electrons. The van der Waals surface area contributed by atoms with Gasteiger partial charge in [-0.25, -0.2) is 0 Å². The van der Waals surface area contributed by atoms with Gasteiger partial charge in [0, 0.05) is 12.5 Å². The standard InChI is InChI=1S/C18H27N3O3/c1-12(17(24)21-18(3,4)5)19-16(23)11-15(20-13(2)22)14-9-7-6-8-10-14/h6-10,12,15H,11H2,1-5H3,(H,19,23)(H,20,22)(H,21,24). The van der Waals surface area contributed by atoms with E-state index in [4.69, 9.17) is 0 Å². The molecule has 0 aliphatic rings. The van der Waals surface area contributed by atoms with Gasteiger partial charge in [0.2, 0.25) is 17.7 Å². The lowest BCUT2D eigenvalue weighted by Crippen LogP contribution is -2.51. The second kappa shape index (κ2) is 8.47. The average molecular weight is 333 g/mol. The first-order valence-corrected chi connectivity index (χ1v) is 8.02. The van der Waals surface area contributed by atoms with Crippen molar-refractivity contribution in [2.75, 3.05) is 0 Å². The Balaban J connectivity index is 2.68. The lowest BCUT2D eigenvalue weighted by molar-refractivity contribution is -0.130. The van der Waals surface area contributed by atoms with Crippen LogP contribution in [0.5, 0.6) is 0 Å². The summed E-state index contributed by atoms with van der Waals surface area (Å²) in [5.74, 6) is -0.754. The quantitative estimate of drug-likeness (QED) is 0.740. The van der Waals surface area contributed by atoms with Crippen molar-refractivity contribution in [2.45, 2.75) is 58.7 Å². The highest BCUT2D eigenvalue weighted by Crippen LogP contribution is 2.16. The van der Waals surface area contributed by atoms with Crippen LogP contribution < -0.4 is 16.0 Å². The molecule has 0 fully saturated rings. The van der Waals surface area contributed by atoms with E-state index in [9.17, 15) is 14.4 Å². The predicted octanol–water partition coefficient (Wildman–Crippen LogP) is 1.67. The Morgan fingerprint density at radius 3 is 2.12 bits per heavy atom. The van der Waals surface area contributed by atoms with Crippen LogP contribution in [0.2, 0.25) is 0 Å². The Kier molecular flexibility index (Phi) is 6.95. The molecule has 1 rings (SSSR count). The molecule has 24 heavy (non-hydrogen) atoms. The molecule has 0 spiro atoms. The van der Waals surface area contributed by atoms with Gasteiger partial charge in [0.05, 0.1) is 12.5 Å². The molecule has 0 aromatic heterocycles. The Morgan fingerprint density at radius 1 is 1.04 bits per heavy atom. The SMILES string of the molecule is CC(=O)NC(CC(=O)NC(C)C(=O)NC(C)(C)C)c1ccccc1. The Morgan fingerprint density at radius 2 is 1.62 bits per heavy atom. The third kappa shape index (κ3) is 7.26. The predicted molar refractivity (Wildman–Crippen MR) is 93.1 cm³/mol. The molecule has 6 nitrogen and oxygen atoms in total. The van der Waals surface area contributed by atoms with Gasteiger partial charge < -0.3 is 16.0 Å². The van der Waals surface area contributed by atoms with Crippen LogP contribution in [0.25, 0.3) is 0 Å². The summed E-state index contributed by atoms with van der Waals surface area (Å²) in [5, 5.41) is 8.26. The summed E-state index contributed by atoms with van der Waals surface area (Å²) in [6, 6.07) is 8.19. The average Bonchev–Trinajstić information content (AvgIpc) is 2.45. The highest BCUT2D eigenvalue weighted by atomic mass is 16.2. The summed E-state index contributed by atoms with van der Waals surface area (Å²) in [6.45, 7) is 8.67. The fourth-order valence-corrected chi connectivity index (χ4v) is 2.21. The van der Waals surface area contributed by atoms with Gasteiger partial charge in [0.25, 0.3) is 0 Å². The van der Waals surface area contributed by atoms with Gasteiger partial charge in [-0.05, 0) is 33.3 Å². The van der Waals surface area contributed by atoms with Crippen LogP contribution in [0.3, 0.4) is 0 Å². The normalized spacial score (nSPS) is 13.5. The van der Waals surface area contributed by atoms with Crippen LogP contribution in [0.1, 0.15) is 52.6 Å². The van der Waals surface area contributed by atoms with E-state index in [0.717, 1.165) is 5.56 Å². The second-order valence-corrected chi connectivity index (χ2v) is 6.90. The molecule has 1 aromatic rings. The van der Waals surface area contributed by atoms with Gasteiger partial charge in [-0.1, -0.05) is 30.3 Å². The second-order valence-electron chi connectivity index (χ2n) is 6.90. The first-order chi connectivity index (χ1) is 11.1. The Bertz CT molecular complexity index is 579. The summed E-state index contributed by atoms with van der Waals surface area (Å²) in [5.41, 5.74) is 0.480. The highest BCUT2D eigenvalue weighted by Gasteiger charge is 2.23. The van der Waals surface area contributed by atoms with Gasteiger partial charge in [-0.3, -0.25) is 14.4 Å². The van der Waals surface area contributed by atoms with E-state index in [2.05, 4.69) is 16.0 Å². The highest BCUT2D eigenvalue weighted by molar-refractivity contribution is 5.88. The lowest BCUT2D eigenvalue weighted by atomic mass is 10.0. The van der Waals surface area contributed by atoms with Crippen LogP contribution in [0, 0.1) is 0 Å². The molecule has 3 N–H and O–H groups in total. The molecule has 0 saturated carbocycles. The van der Waals surface area contributed by atoms with Gasteiger partial charge in [-0.2, -0.15) is 0 Å². The van der Waals surface area contributed by atoms with E-state index in [0.29, 0.717) is 0 Å². The number of nitrogens with one attached hydrogen (secondary N) is 3. The maximum absolute atomic E-state index is 12.2. The van der Waals surface area contributed by atoms with Crippen LogP contribution in [-0.4, -0.2) is 29.3 Å². The van der Waals surface area contributed by atoms with Gasteiger partial charge in [0.15, 0.2) is 0 Å². The minimum Gasteiger partial charge on any atom is -0.350 e. The number of carbonyl (C=O) groups excluding carboxylic acids is 3. The molecule has 2 atom stereocenters. The first-order valence-electron chi connectivity index (χ1n) is 8.02. The van der Waals surface area contributed by atoms with E-state index in [1.54, 1.807) is 6.92 Å². The third-order valence-electron chi connectivity index (χ3n) is 3.24. The lowest BCUT2D eigenvalue weighted by Gasteiger charge is -2.24. The zero-order chi connectivity index (χ0) is 18.3. The maximum atomic E-state index is 12.2. The fourth-order valence-electron chi connectivity index (χ4n) is 2.21. The van der Waals surface area contributed by atoms with Crippen LogP contribution >= 0.6 is 0 Å². The molecular weight excluding hydrogens is 306 g/mol. The van der Waals surface area contributed by atoms with Crippen molar-refractivity contribution in [1.82, 2.24) is 16.0 Å². The third-order valence-corrected chi connectivity index (χ3v) is 3.24. The summed E-state index contributed by atoms with van der Waals surface area (Å²) in [6.07, 6.45) is 0.0662. The molecule has 0 aliphatic carbocycles. The van der Waals surface area contributed by atoms with Crippen molar-refractivity contribution < 1.29 is 14.4 Å². The molecule has 2 unspecified atom stereocenters. The summed E-state index contributed by atoms with van der Waals surface area (Å²) >= 11 is 0. The van der Waals surface area contributed by atoms with Crippen molar-refractivity contribution >= 4 is 17.7 Å². The molecule has 1 aromatic carbocycles. The molecular formula is C18H27N3O3.